The highest BCUT2D eigenvalue weighted by Crippen LogP contribution is 2.22. The summed E-state index contributed by atoms with van der Waals surface area (Å²) in [4.78, 5) is 14.5. The van der Waals surface area contributed by atoms with Gasteiger partial charge in [-0.15, -0.1) is 5.10 Å². The summed E-state index contributed by atoms with van der Waals surface area (Å²) >= 11 is 3.41. The molecule has 0 N–H and O–H groups in total. The number of likely N-dealkylation sites (tertiary alicyclic amines) is 1. The van der Waals surface area contributed by atoms with Crippen molar-refractivity contribution in [2.75, 3.05) is 13.1 Å². The Morgan fingerprint density at radius 1 is 1.22 bits per heavy atom. The van der Waals surface area contributed by atoms with Crippen LogP contribution in [0.2, 0.25) is 0 Å². The second-order valence-electron chi connectivity index (χ2n) is 6.41. The van der Waals surface area contributed by atoms with Gasteiger partial charge in [0.15, 0.2) is 5.82 Å². The maximum absolute atomic E-state index is 12.6. The lowest BCUT2D eigenvalue weighted by molar-refractivity contribution is -0.134. The molecular formula is C16H20BrN5O. The molecule has 1 aromatic carbocycles. The van der Waals surface area contributed by atoms with Gasteiger partial charge in [-0.3, -0.25) is 4.79 Å². The van der Waals surface area contributed by atoms with E-state index in [9.17, 15) is 4.79 Å². The van der Waals surface area contributed by atoms with E-state index in [4.69, 9.17) is 0 Å². The van der Waals surface area contributed by atoms with E-state index in [2.05, 4.69) is 45.3 Å². The zero-order valence-electron chi connectivity index (χ0n) is 13.3. The summed E-state index contributed by atoms with van der Waals surface area (Å²) < 4.78 is 2.57. The van der Waals surface area contributed by atoms with E-state index >= 15 is 0 Å². The Kier molecular flexibility index (Phi) is 4.75. The maximum atomic E-state index is 12.6. The molecule has 122 valence electrons. The summed E-state index contributed by atoms with van der Waals surface area (Å²) in [7, 11) is 0. The fourth-order valence-electron chi connectivity index (χ4n) is 3.21. The first kappa shape index (κ1) is 16.1. The van der Waals surface area contributed by atoms with Gasteiger partial charge in [-0.05, 0) is 40.8 Å². The fourth-order valence-corrected chi connectivity index (χ4v) is 3.48. The summed E-state index contributed by atoms with van der Waals surface area (Å²) in [5, 5.41) is 11.8. The highest BCUT2D eigenvalue weighted by molar-refractivity contribution is 9.10. The van der Waals surface area contributed by atoms with Crippen LogP contribution in [-0.4, -0.2) is 44.1 Å². The summed E-state index contributed by atoms with van der Waals surface area (Å²) in [6, 6.07) is 7.73. The summed E-state index contributed by atoms with van der Waals surface area (Å²) in [5.41, 5.74) is 0.895. The third kappa shape index (κ3) is 3.77. The quantitative estimate of drug-likeness (QED) is 0.824. The molecule has 1 saturated heterocycles. The molecule has 3 rings (SSSR count). The van der Waals surface area contributed by atoms with E-state index in [-0.39, 0.29) is 12.5 Å². The van der Waals surface area contributed by atoms with E-state index in [0.29, 0.717) is 17.7 Å². The summed E-state index contributed by atoms with van der Waals surface area (Å²) in [6.07, 6.45) is 1.18. The second kappa shape index (κ2) is 6.78. The smallest absolute Gasteiger partial charge is 0.244 e. The topological polar surface area (TPSA) is 63.9 Å². The third-order valence-corrected chi connectivity index (χ3v) is 4.67. The van der Waals surface area contributed by atoms with Crippen molar-refractivity contribution in [3.8, 4) is 11.4 Å². The molecular weight excluding hydrogens is 358 g/mol. The molecule has 1 aliphatic rings. The summed E-state index contributed by atoms with van der Waals surface area (Å²) in [5.74, 6) is 1.78. The van der Waals surface area contributed by atoms with Gasteiger partial charge < -0.3 is 4.90 Å². The lowest BCUT2D eigenvalue weighted by Gasteiger charge is -2.35. The number of piperidine rings is 1. The van der Waals surface area contributed by atoms with E-state index in [1.165, 1.54) is 6.42 Å². The van der Waals surface area contributed by atoms with Crippen LogP contribution in [-0.2, 0) is 11.3 Å². The van der Waals surface area contributed by atoms with Gasteiger partial charge in [0.25, 0.3) is 0 Å². The van der Waals surface area contributed by atoms with Gasteiger partial charge in [-0.1, -0.05) is 41.9 Å². The van der Waals surface area contributed by atoms with Gasteiger partial charge in [0, 0.05) is 23.1 Å². The van der Waals surface area contributed by atoms with Crippen LogP contribution in [0.4, 0.5) is 0 Å². The molecule has 1 fully saturated rings. The highest BCUT2D eigenvalue weighted by Gasteiger charge is 2.26. The van der Waals surface area contributed by atoms with Crippen molar-refractivity contribution >= 4 is 21.8 Å². The minimum atomic E-state index is 0.0778. The lowest BCUT2D eigenvalue weighted by Crippen LogP contribution is -2.44. The van der Waals surface area contributed by atoms with Crippen molar-refractivity contribution in [2.24, 2.45) is 11.8 Å². The predicted octanol–water partition coefficient (Wildman–Crippen LogP) is 2.61. The number of benzene rings is 1. The number of aromatic nitrogens is 4. The maximum Gasteiger partial charge on any atom is 0.244 e. The molecule has 0 bridgehead atoms. The standard InChI is InChI=1S/C16H20BrN5O/c1-11-7-12(2)9-21(8-11)15(23)10-22-16(18-19-20-22)13-3-5-14(17)6-4-13/h3-6,11-12H,7-10H2,1-2H3/t11-,12+. The Balaban J connectivity index is 1.75. The number of tetrazole rings is 1. The Morgan fingerprint density at radius 2 is 1.87 bits per heavy atom. The molecule has 0 spiro atoms. The van der Waals surface area contributed by atoms with Crippen LogP contribution in [0.15, 0.2) is 28.7 Å². The number of hydrogen-bond acceptors (Lipinski definition) is 4. The SMILES string of the molecule is C[C@@H]1C[C@H](C)CN(C(=O)Cn2nnnc2-c2ccc(Br)cc2)C1. The number of hydrogen-bond donors (Lipinski definition) is 0. The van der Waals surface area contributed by atoms with Gasteiger partial charge in [0.2, 0.25) is 5.91 Å². The number of carbonyl (C=O) groups is 1. The van der Waals surface area contributed by atoms with Crippen LogP contribution in [0.5, 0.6) is 0 Å². The minimum absolute atomic E-state index is 0.0778. The number of rotatable bonds is 3. The largest absolute Gasteiger partial charge is 0.341 e. The molecule has 2 atom stereocenters. The van der Waals surface area contributed by atoms with Crippen LogP contribution in [0.3, 0.4) is 0 Å². The average Bonchev–Trinajstić information content (AvgIpc) is 2.95. The van der Waals surface area contributed by atoms with Crippen molar-refractivity contribution in [2.45, 2.75) is 26.8 Å². The van der Waals surface area contributed by atoms with Crippen LogP contribution in [0.1, 0.15) is 20.3 Å². The first-order valence-corrected chi connectivity index (χ1v) is 8.62. The number of nitrogens with zero attached hydrogens (tertiary/aromatic N) is 5. The van der Waals surface area contributed by atoms with Crippen LogP contribution < -0.4 is 0 Å². The molecule has 23 heavy (non-hydrogen) atoms. The van der Waals surface area contributed by atoms with Crippen molar-refractivity contribution in [1.82, 2.24) is 25.1 Å². The molecule has 1 aromatic heterocycles. The molecule has 1 aliphatic heterocycles. The Bertz CT molecular complexity index is 674. The molecule has 2 aromatic rings. The Morgan fingerprint density at radius 3 is 2.52 bits per heavy atom. The zero-order chi connectivity index (χ0) is 16.4. The first-order valence-electron chi connectivity index (χ1n) is 7.83. The van der Waals surface area contributed by atoms with Crippen molar-refractivity contribution in [3.63, 3.8) is 0 Å². The second-order valence-corrected chi connectivity index (χ2v) is 7.33. The van der Waals surface area contributed by atoms with Gasteiger partial charge in [0.1, 0.15) is 6.54 Å². The van der Waals surface area contributed by atoms with E-state index < -0.39 is 0 Å². The van der Waals surface area contributed by atoms with Crippen LogP contribution >= 0.6 is 15.9 Å². The molecule has 2 heterocycles. The molecule has 6 nitrogen and oxygen atoms in total. The monoisotopic (exact) mass is 377 g/mol. The van der Waals surface area contributed by atoms with Crippen LogP contribution in [0, 0.1) is 11.8 Å². The summed E-state index contributed by atoms with van der Waals surface area (Å²) in [6.45, 7) is 6.20. The van der Waals surface area contributed by atoms with Gasteiger partial charge >= 0.3 is 0 Å². The first-order chi connectivity index (χ1) is 11.0. The zero-order valence-corrected chi connectivity index (χ0v) is 14.9. The normalized spacial score (nSPS) is 21.4. The number of amides is 1. The van der Waals surface area contributed by atoms with Crippen molar-refractivity contribution in [3.05, 3.63) is 28.7 Å². The van der Waals surface area contributed by atoms with Gasteiger partial charge in [-0.2, -0.15) is 0 Å². The minimum Gasteiger partial charge on any atom is -0.341 e. The predicted molar refractivity (Wildman–Crippen MR) is 90.5 cm³/mol. The van der Waals surface area contributed by atoms with Gasteiger partial charge in [-0.25, -0.2) is 4.68 Å². The highest BCUT2D eigenvalue weighted by atomic mass is 79.9. The molecule has 0 aliphatic carbocycles. The molecule has 1 amide bonds. The third-order valence-electron chi connectivity index (χ3n) is 4.14. The van der Waals surface area contributed by atoms with Crippen molar-refractivity contribution < 1.29 is 4.79 Å². The molecule has 0 saturated carbocycles. The van der Waals surface area contributed by atoms with Crippen molar-refractivity contribution in [1.29, 1.82) is 0 Å². The Hall–Kier alpha value is -1.76. The number of halogens is 1. The molecule has 0 radical (unpaired) electrons. The van der Waals surface area contributed by atoms with E-state index in [0.717, 1.165) is 23.1 Å². The molecule has 0 unspecified atom stereocenters. The molecule has 7 heteroatoms. The van der Waals surface area contributed by atoms with Gasteiger partial charge in [0.05, 0.1) is 0 Å². The van der Waals surface area contributed by atoms with Crippen LogP contribution in [0.25, 0.3) is 11.4 Å². The van der Waals surface area contributed by atoms with E-state index in [1.807, 2.05) is 29.2 Å². The fraction of sp³-hybridized carbons (Fsp3) is 0.500. The van der Waals surface area contributed by atoms with E-state index in [1.54, 1.807) is 4.68 Å². The number of carbonyl (C=O) groups excluding carboxylic acids is 1. The average molecular weight is 378 g/mol. The lowest BCUT2D eigenvalue weighted by atomic mass is 9.92. The Labute approximate surface area is 144 Å².